The van der Waals surface area contributed by atoms with E-state index in [1.165, 1.54) is 21.9 Å². The highest BCUT2D eigenvalue weighted by atomic mass is 16.4. The molecule has 0 saturated carbocycles. The summed E-state index contributed by atoms with van der Waals surface area (Å²) in [5.74, 6) is 0.601. The van der Waals surface area contributed by atoms with Crippen LogP contribution in [0.15, 0.2) is 191 Å². The number of nitrogens with zero attached hydrogens (tertiary/aromatic N) is 2. The highest BCUT2D eigenvalue weighted by molar-refractivity contribution is 6.17. The second-order valence-electron chi connectivity index (χ2n) is 12.8. The number of hydrogen-bond acceptors (Lipinski definition) is 4. The van der Waals surface area contributed by atoms with E-state index in [0.717, 1.165) is 66.8 Å². The van der Waals surface area contributed by atoms with Gasteiger partial charge in [-0.1, -0.05) is 109 Å². The van der Waals surface area contributed by atoms with Gasteiger partial charge >= 0.3 is 0 Å². The Kier molecular flexibility index (Phi) is 6.78. The number of fused-ring (bicyclic) bond motifs is 6. The number of furan rings is 1. The third-order valence-corrected chi connectivity index (χ3v) is 9.67. The zero-order valence-corrected chi connectivity index (χ0v) is 27.5. The minimum absolute atomic E-state index is 0.601. The Labute approximate surface area is 294 Å². The third kappa shape index (κ3) is 5.13. The molecule has 10 aromatic rings. The molecule has 0 bridgehead atoms. The molecular weight excluding hydrogens is 625 g/mol. The summed E-state index contributed by atoms with van der Waals surface area (Å²) < 4.78 is 12.5. The molecule has 240 valence electrons. The van der Waals surface area contributed by atoms with Crippen molar-refractivity contribution in [2.75, 3.05) is 4.90 Å². The minimum atomic E-state index is 0.601. The molecule has 0 N–H and O–H groups in total. The van der Waals surface area contributed by atoms with Crippen molar-refractivity contribution in [1.82, 2.24) is 4.98 Å². The molecule has 2 aromatic heterocycles. The second kappa shape index (κ2) is 11.9. The topological polar surface area (TPSA) is 42.4 Å². The van der Waals surface area contributed by atoms with E-state index in [9.17, 15) is 0 Å². The third-order valence-electron chi connectivity index (χ3n) is 9.67. The van der Waals surface area contributed by atoms with Crippen molar-refractivity contribution in [3.63, 3.8) is 0 Å². The van der Waals surface area contributed by atoms with E-state index in [4.69, 9.17) is 13.8 Å². The molecule has 0 saturated heterocycles. The lowest BCUT2D eigenvalue weighted by molar-refractivity contribution is 0.619. The van der Waals surface area contributed by atoms with Crippen molar-refractivity contribution in [2.45, 2.75) is 0 Å². The lowest BCUT2D eigenvalue weighted by Gasteiger charge is -2.26. The lowest BCUT2D eigenvalue weighted by Crippen LogP contribution is -2.10. The van der Waals surface area contributed by atoms with Crippen LogP contribution in [-0.2, 0) is 0 Å². The lowest BCUT2D eigenvalue weighted by atomic mass is 10.0. The zero-order chi connectivity index (χ0) is 33.7. The molecule has 0 fully saturated rings. The number of hydrogen-bond donors (Lipinski definition) is 0. The van der Waals surface area contributed by atoms with Gasteiger partial charge in [0.1, 0.15) is 16.7 Å². The maximum atomic E-state index is 6.30. The van der Waals surface area contributed by atoms with E-state index < -0.39 is 0 Å². The summed E-state index contributed by atoms with van der Waals surface area (Å²) >= 11 is 0. The maximum Gasteiger partial charge on any atom is 0.227 e. The van der Waals surface area contributed by atoms with Gasteiger partial charge in [-0.15, -0.1) is 0 Å². The van der Waals surface area contributed by atoms with Gasteiger partial charge in [0, 0.05) is 28.0 Å². The van der Waals surface area contributed by atoms with E-state index in [2.05, 4.69) is 144 Å². The highest BCUT2D eigenvalue weighted by Crippen LogP contribution is 2.41. The molecule has 8 aromatic carbocycles. The summed E-state index contributed by atoms with van der Waals surface area (Å²) in [6.07, 6.45) is 0. The summed E-state index contributed by atoms with van der Waals surface area (Å²) in [6.45, 7) is 0. The quantitative estimate of drug-likeness (QED) is 0.179. The molecule has 4 nitrogen and oxygen atoms in total. The zero-order valence-electron chi connectivity index (χ0n) is 27.5. The molecule has 0 radical (unpaired) electrons. The Bertz CT molecular complexity index is 2850. The van der Waals surface area contributed by atoms with Gasteiger partial charge in [0.2, 0.25) is 5.89 Å². The van der Waals surface area contributed by atoms with Gasteiger partial charge < -0.3 is 13.7 Å². The van der Waals surface area contributed by atoms with Gasteiger partial charge in [0.05, 0.1) is 5.39 Å². The van der Waals surface area contributed by atoms with Gasteiger partial charge in [-0.05, 0) is 106 Å². The van der Waals surface area contributed by atoms with Crippen molar-refractivity contribution in [3.8, 4) is 33.7 Å². The molecule has 0 amide bonds. The van der Waals surface area contributed by atoms with Crippen LogP contribution in [0.1, 0.15) is 0 Å². The number of aromatic nitrogens is 1. The van der Waals surface area contributed by atoms with Crippen LogP contribution in [0.25, 0.3) is 77.5 Å². The molecule has 0 unspecified atom stereocenters. The Morgan fingerprint density at radius 3 is 1.80 bits per heavy atom. The number of oxazole rings is 1. The summed E-state index contributed by atoms with van der Waals surface area (Å²) in [4.78, 5) is 7.27. The molecule has 0 spiro atoms. The minimum Gasteiger partial charge on any atom is -0.456 e. The first-order chi connectivity index (χ1) is 25.2. The van der Waals surface area contributed by atoms with Crippen LogP contribution in [0, 0.1) is 0 Å². The van der Waals surface area contributed by atoms with E-state index in [1.54, 1.807) is 0 Å². The van der Waals surface area contributed by atoms with Crippen molar-refractivity contribution in [3.05, 3.63) is 182 Å². The van der Waals surface area contributed by atoms with Crippen LogP contribution in [0.4, 0.5) is 17.1 Å². The fraction of sp³-hybridized carbons (Fsp3) is 0. The predicted octanol–water partition coefficient (Wildman–Crippen LogP) is 13.4. The van der Waals surface area contributed by atoms with Crippen molar-refractivity contribution in [2.24, 2.45) is 0 Å². The van der Waals surface area contributed by atoms with Gasteiger partial charge in [0.25, 0.3) is 0 Å². The van der Waals surface area contributed by atoms with Crippen LogP contribution in [-0.4, -0.2) is 4.98 Å². The standard InChI is InChI=1S/C47H30N2O2/c1-3-10-31(11-4-1)36-16-9-17-39(28-36)49(40-24-20-32-12-7-8-15-35(32)29-40)38-22-18-33(19-23-38)37-21-25-42-41(30-37)45-43(50-42)26-27-44-46(45)48-47(51-44)34-13-5-2-6-14-34/h1-30H. The number of rotatable bonds is 6. The average molecular weight is 655 g/mol. The van der Waals surface area contributed by atoms with Crippen molar-refractivity contribution >= 4 is 60.9 Å². The maximum absolute atomic E-state index is 6.30. The van der Waals surface area contributed by atoms with Crippen LogP contribution < -0.4 is 4.90 Å². The molecular formula is C47H30N2O2. The molecule has 0 aliphatic carbocycles. The van der Waals surface area contributed by atoms with E-state index in [1.807, 2.05) is 42.5 Å². The average Bonchev–Trinajstić information content (AvgIpc) is 3.81. The first kappa shape index (κ1) is 29.0. The summed E-state index contributed by atoms with van der Waals surface area (Å²) in [5, 5.41) is 4.40. The first-order valence-electron chi connectivity index (χ1n) is 17.1. The SMILES string of the molecule is c1ccc(-c2cccc(N(c3ccc(-c4ccc5oc6ccc7oc(-c8ccccc8)nc7c6c5c4)cc3)c3ccc4ccccc4c3)c2)cc1. The number of anilines is 3. The van der Waals surface area contributed by atoms with Crippen molar-refractivity contribution < 1.29 is 8.83 Å². The Balaban J connectivity index is 1.07. The predicted molar refractivity (Wildman–Crippen MR) is 210 cm³/mol. The Morgan fingerprint density at radius 1 is 0.373 bits per heavy atom. The molecule has 2 heterocycles. The largest absolute Gasteiger partial charge is 0.456 e. The fourth-order valence-corrected chi connectivity index (χ4v) is 7.16. The smallest absolute Gasteiger partial charge is 0.227 e. The van der Waals surface area contributed by atoms with E-state index in [-0.39, 0.29) is 0 Å². The van der Waals surface area contributed by atoms with Crippen molar-refractivity contribution in [1.29, 1.82) is 0 Å². The summed E-state index contributed by atoms with van der Waals surface area (Å²) in [5.41, 5.74) is 12.0. The normalized spacial score (nSPS) is 11.5. The molecule has 4 heteroatoms. The molecule has 51 heavy (non-hydrogen) atoms. The van der Waals surface area contributed by atoms with Gasteiger partial charge in [0.15, 0.2) is 5.58 Å². The molecule has 0 atom stereocenters. The van der Waals surface area contributed by atoms with E-state index in [0.29, 0.717) is 5.89 Å². The second-order valence-corrected chi connectivity index (χ2v) is 12.8. The Morgan fingerprint density at radius 2 is 0.980 bits per heavy atom. The van der Waals surface area contributed by atoms with Crippen LogP contribution >= 0.6 is 0 Å². The highest BCUT2D eigenvalue weighted by Gasteiger charge is 2.18. The molecule has 0 aliphatic heterocycles. The molecule has 10 rings (SSSR count). The monoisotopic (exact) mass is 654 g/mol. The van der Waals surface area contributed by atoms with Gasteiger partial charge in [-0.2, -0.15) is 0 Å². The van der Waals surface area contributed by atoms with Gasteiger partial charge in [-0.3, -0.25) is 0 Å². The first-order valence-corrected chi connectivity index (χ1v) is 17.1. The molecule has 0 aliphatic rings. The summed E-state index contributed by atoms with van der Waals surface area (Å²) in [6, 6.07) is 63.6. The van der Waals surface area contributed by atoms with Crippen LogP contribution in [0.3, 0.4) is 0 Å². The van der Waals surface area contributed by atoms with Crippen LogP contribution in [0.5, 0.6) is 0 Å². The number of benzene rings is 8. The Hall–Kier alpha value is -6.91. The van der Waals surface area contributed by atoms with Crippen LogP contribution in [0.2, 0.25) is 0 Å². The van der Waals surface area contributed by atoms with Gasteiger partial charge in [-0.25, -0.2) is 4.98 Å². The van der Waals surface area contributed by atoms with E-state index >= 15 is 0 Å². The fourth-order valence-electron chi connectivity index (χ4n) is 7.16. The summed E-state index contributed by atoms with van der Waals surface area (Å²) in [7, 11) is 0.